The van der Waals surface area contributed by atoms with Crippen molar-refractivity contribution in [1.82, 2.24) is 0 Å². The Morgan fingerprint density at radius 1 is 1.40 bits per heavy atom. The largest absolute Gasteiger partial charge is 0.462 e. The van der Waals surface area contributed by atoms with Crippen LogP contribution >= 0.6 is 11.3 Å². The molecule has 0 radical (unpaired) electrons. The van der Waals surface area contributed by atoms with Gasteiger partial charge < -0.3 is 10.1 Å². The van der Waals surface area contributed by atoms with Crippen molar-refractivity contribution in [2.45, 2.75) is 46.5 Å². The fourth-order valence-corrected chi connectivity index (χ4v) is 3.89. The van der Waals surface area contributed by atoms with Gasteiger partial charge in [-0.3, -0.25) is 4.79 Å². The van der Waals surface area contributed by atoms with Crippen LogP contribution in [0.4, 0.5) is 5.00 Å². The van der Waals surface area contributed by atoms with Gasteiger partial charge in [0.1, 0.15) is 5.00 Å². The van der Waals surface area contributed by atoms with Crippen LogP contribution < -0.4 is 5.32 Å². The van der Waals surface area contributed by atoms with Crippen LogP contribution in [0, 0.1) is 5.92 Å². The third-order valence-electron chi connectivity index (χ3n) is 3.57. The van der Waals surface area contributed by atoms with Gasteiger partial charge in [0.2, 0.25) is 5.91 Å². The summed E-state index contributed by atoms with van der Waals surface area (Å²) >= 11 is 1.53. The second-order valence-electron chi connectivity index (χ2n) is 5.18. The fraction of sp³-hybridized carbons (Fsp3) is 0.600. The van der Waals surface area contributed by atoms with Crippen molar-refractivity contribution >= 4 is 28.2 Å². The highest BCUT2D eigenvalue weighted by Gasteiger charge is 2.28. The van der Waals surface area contributed by atoms with E-state index in [-0.39, 0.29) is 11.9 Å². The van der Waals surface area contributed by atoms with Gasteiger partial charge in [0.25, 0.3) is 0 Å². The van der Waals surface area contributed by atoms with E-state index in [0.29, 0.717) is 29.5 Å². The second-order valence-corrected chi connectivity index (χ2v) is 6.28. The number of hydrogen-bond donors (Lipinski definition) is 1. The first-order valence-electron chi connectivity index (χ1n) is 7.18. The molecule has 1 amide bonds. The topological polar surface area (TPSA) is 55.4 Å². The molecular weight excluding hydrogens is 274 g/mol. The molecule has 4 nitrogen and oxygen atoms in total. The molecular formula is C15H21NO3S. The minimum Gasteiger partial charge on any atom is -0.462 e. The number of rotatable bonds is 4. The summed E-state index contributed by atoms with van der Waals surface area (Å²) in [6, 6.07) is 0. The third kappa shape index (κ3) is 3.03. The van der Waals surface area contributed by atoms with Crippen molar-refractivity contribution in [2.75, 3.05) is 11.9 Å². The van der Waals surface area contributed by atoms with Gasteiger partial charge in [0, 0.05) is 11.3 Å². The number of fused-ring (bicyclic) bond motifs is 1. The third-order valence-corrected chi connectivity index (χ3v) is 4.74. The van der Waals surface area contributed by atoms with Crippen LogP contribution in [0.1, 0.15) is 54.4 Å². The maximum absolute atomic E-state index is 12.2. The van der Waals surface area contributed by atoms with E-state index in [1.165, 1.54) is 16.2 Å². The maximum atomic E-state index is 12.2. The Bertz CT molecular complexity index is 521. The lowest BCUT2D eigenvalue weighted by atomic mass is 9.88. The number of ether oxygens (including phenoxy) is 1. The Balaban J connectivity index is 2.39. The summed E-state index contributed by atoms with van der Waals surface area (Å²) in [6.07, 6.45) is 3.36. The standard InChI is InChI=1S/C15H21NO3S/c1-4-12(17)16-14-13(15(18)19-5-2)10-7-6-9(3)8-11(10)20-14/h9H,4-8H2,1-3H3,(H,16,17). The molecule has 0 saturated heterocycles. The molecule has 1 N–H and O–H groups in total. The number of esters is 1. The van der Waals surface area contributed by atoms with Crippen molar-refractivity contribution in [3.05, 3.63) is 16.0 Å². The quantitative estimate of drug-likeness (QED) is 0.866. The zero-order valence-corrected chi connectivity index (χ0v) is 13.1. The average Bonchev–Trinajstić information content (AvgIpc) is 2.75. The van der Waals surface area contributed by atoms with Crippen LogP contribution in [-0.4, -0.2) is 18.5 Å². The Labute approximate surface area is 123 Å². The van der Waals surface area contributed by atoms with Gasteiger partial charge in [-0.25, -0.2) is 4.79 Å². The molecule has 0 bridgehead atoms. The van der Waals surface area contributed by atoms with Crippen LogP contribution in [0.5, 0.6) is 0 Å². The normalized spacial score (nSPS) is 17.4. The molecule has 0 saturated carbocycles. The molecule has 1 unspecified atom stereocenters. The van der Waals surface area contributed by atoms with Crippen LogP contribution in [0.2, 0.25) is 0 Å². The van der Waals surface area contributed by atoms with Gasteiger partial charge in [-0.2, -0.15) is 0 Å². The smallest absolute Gasteiger partial charge is 0.341 e. The van der Waals surface area contributed by atoms with Gasteiger partial charge in [0.05, 0.1) is 12.2 Å². The molecule has 20 heavy (non-hydrogen) atoms. The second kappa shape index (κ2) is 6.39. The average molecular weight is 295 g/mol. The Morgan fingerprint density at radius 2 is 2.15 bits per heavy atom. The highest BCUT2D eigenvalue weighted by atomic mass is 32.1. The van der Waals surface area contributed by atoms with Gasteiger partial charge in [-0.15, -0.1) is 11.3 Å². The molecule has 1 aliphatic rings. The van der Waals surface area contributed by atoms with E-state index in [1.54, 1.807) is 13.8 Å². The minimum atomic E-state index is -0.314. The molecule has 5 heteroatoms. The number of amides is 1. The summed E-state index contributed by atoms with van der Waals surface area (Å²) in [7, 11) is 0. The van der Waals surface area contributed by atoms with Crippen LogP contribution in [0.25, 0.3) is 0 Å². The van der Waals surface area contributed by atoms with E-state index in [0.717, 1.165) is 24.8 Å². The number of nitrogens with one attached hydrogen (secondary N) is 1. The summed E-state index contributed by atoms with van der Waals surface area (Å²) in [5.74, 6) is 0.249. The Morgan fingerprint density at radius 3 is 2.80 bits per heavy atom. The highest BCUT2D eigenvalue weighted by molar-refractivity contribution is 7.17. The zero-order valence-electron chi connectivity index (χ0n) is 12.2. The van der Waals surface area contributed by atoms with Crippen LogP contribution in [0.15, 0.2) is 0 Å². The minimum absolute atomic E-state index is 0.0674. The number of thiophene rings is 1. The molecule has 0 spiro atoms. The van der Waals surface area contributed by atoms with E-state index >= 15 is 0 Å². The van der Waals surface area contributed by atoms with Crippen molar-refractivity contribution < 1.29 is 14.3 Å². The highest BCUT2D eigenvalue weighted by Crippen LogP contribution is 2.40. The van der Waals surface area contributed by atoms with Crippen molar-refractivity contribution in [1.29, 1.82) is 0 Å². The molecule has 1 heterocycles. The Hall–Kier alpha value is -1.36. The lowest BCUT2D eigenvalue weighted by Crippen LogP contribution is -2.16. The van der Waals surface area contributed by atoms with Gasteiger partial charge in [0.15, 0.2) is 0 Å². The van der Waals surface area contributed by atoms with Crippen molar-refractivity contribution in [3.8, 4) is 0 Å². The predicted octanol–water partition coefficient (Wildman–Crippen LogP) is 3.40. The molecule has 1 aliphatic carbocycles. The summed E-state index contributed by atoms with van der Waals surface area (Å²) in [4.78, 5) is 25.0. The number of carbonyl (C=O) groups is 2. The molecule has 110 valence electrons. The first-order chi connectivity index (χ1) is 9.56. The SMILES string of the molecule is CCOC(=O)c1c(NC(=O)CC)sc2c1CCC(C)C2. The lowest BCUT2D eigenvalue weighted by Gasteiger charge is -2.18. The first-order valence-corrected chi connectivity index (χ1v) is 7.99. The number of carbonyl (C=O) groups excluding carboxylic acids is 2. The van der Waals surface area contributed by atoms with Crippen molar-refractivity contribution in [2.24, 2.45) is 5.92 Å². The fourth-order valence-electron chi connectivity index (χ4n) is 2.47. The van der Waals surface area contributed by atoms with E-state index in [4.69, 9.17) is 4.74 Å². The van der Waals surface area contributed by atoms with E-state index in [1.807, 2.05) is 0 Å². The molecule has 2 rings (SSSR count). The summed E-state index contributed by atoms with van der Waals surface area (Å²) in [6.45, 7) is 6.16. The van der Waals surface area contributed by atoms with Gasteiger partial charge in [-0.1, -0.05) is 13.8 Å². The van der Waals surface area contributed by atoms with E-state index < -0.39 is 0 Å². The monoisotopic (exact) mass is 295 g/mol. The molecule has 1 atom stereocenters. The van der Waals surface area contributed by atoms with Crippen LogP contribution in [0.3, 0.4) is 0 Å². The Kier molecular flexibility index (Phi) is 4.81. The van der Waals surface area contributed by atoms with Crippen molar-refractivity contribution in [3.63, 3.8) is 0 Å². The summed E-state index contributed by atoms with van der Waals surface area (Å²) in [5, 5.41) is 3.51. The molecule has 1 aromatic rings. The zero-order chi connectivity index (χ0) is 14.7. The molecule has 0 aliphatic heterocycles. The van der Waals surface area contributed by atoms with E-state index in [9.17, 15) is 9.59 Å². The first kappa shape index (κ1) is 15.0. The molecule has 1 aromatic heterocycles. The summed E-state index contributed by atoms with van der Waals surface area (Å²) < 4.78 is 5.15. The van der Waals surface area contributed by atoms with Crippen LogP contribution in [-0.2, 0) is 22.4 Å². The van der Waals surface area contributed by atoms with Gasteiger partial charge >= 0.3 is 5.97 Å². The number of hydrogen-bond acceptors (Lipinski definition) is 4. The summed E-state index contributed by atoms with van der Waals surface area (Å²) in [5.41, 5.74) is 1.67. The number of anilines is 1. The van der Waals surface area contributed by atoms with Gasteiger partial charge in [-0.05, 0) is 37.7 Å². The lowest BCUT2D eigenvalue weighted by molar-refractivity contribution is -0.115. The maximum Gasteiger partial charge on any atom is 0.341 e. The predicted molar refractivity (Wildman–Crippen MR) is 80.4 cm³/mol. The van der Waals surface area contributed by atoms with E-state index in [2.05, 4.69) is 12.2 Å². The molecule has 0 fully saturated rings. The molecule has 0 aromatic carbocycles.